The first-order valence-corrected chi connectivity index (χ1v) is 7.72. The molecule has 0 spiro atoms. The number of hydrogen-bond donors (Lipinski definition) is 2. The highest BCUT2D eigenvalue weighted by Crippen LogP contribution is 2.15. The summed E-state index contributed by atoms with van der Waals surface area (Å²) in [7, 11) is 0. The Morgan fingerprint density at radius 3 is 2.67 bits per heavy atom. The first-order chi connectivity index (χ1) is 11.5. The molecule has 0 saturated heterocycles. The Kier molecular flexibility index (Phi) is 6.45. The number of carbonyl (C=O) groups is 2. The molecule has 2 rings (SSSR count). The number of nitrogens with one attached hydrogen (secondary N) is 2. The average Bonchev–Trinajstić information content (AvgIpc) is 2.53. The molecule has 0 saturated carbocycles. The minimum Gasteiger partial charge on any atom is -0.326 e. The Morgan fingerprint density at radius 2 is 1.92 bits per heavy atom. The zero-order chi connectivity index (χ0) is 17.4. The van der Waals surface area contributed by atoms with Crippen LogP contribution in [-0.4, -0.2) is 23.0 Å². The lowest BCUT2D eigenvalue weighted by Crippen LogP contribution is -2.20. The van der Waals surface area contributed by atoms with Gasteiger partial charge in [0.25, 0.3) is 0 Å². The molecule has 0 radical (unpaired) electrons. The second kappa shape index (κ2) is 8.79. The number of aryl methyl sites for hydroxylation is 1. The third kappa shape index (κ3) is 6.18. The molecule has 0 aliphatic rings. The number of amides is 2. The molecule has 0 bridgehead atoms. The number of hydrogen-bond acceptors (Lipinski definition) is 4. The Hall–Kier alpha value is -2.73. The van der Waals surface area contributed by atoms with Crippen LogP contribution in [0.4, 0.5) is 5.69 Å². The van der Waals surface area contributed by atoms with Crippen LogP contribution in [0.1, 0.15) is 24.2 Å². The maximum atomic E-state index is 11.8. The monoisotopic (exact) mass is 344 g/mol. The quantitative estimate of drug-likeness (QED) is 0.624. The molecule has 2 aromatic rings. The Labute approximate surface area is 144 Å². The van der Waals surface area contributed by atoms with E-state index < -0.39 is 0 Å². The highest BCUT2D eigenvalue weighted by molar-refractivity contribution is 6.30. The van der Waals surface area contributed by atoms with Crippen molar-refractivity contribution < 1.29 is 9.59 Å². The summed E-state index contributed by atoms with van der Waals surface area (Å²) in [5.41, 5.74) is 4.47. The van der Waals surface area contributed by atoms with Crippen molar-refractivity contribution in [2.45, 2.75) is 19.8 Å². The molecule has 0 aliphatic heterocycles. The predicted octanol–water partition coefficient (Wildman–Crippen LogP) is 2.91. The number of pyridine rings is 1. The number of anilines is 1. The molecule has 0 fully saturated rings. The van der Waals surface area contributed by atoms with E-state index in [-0.39, 0.29) is 24.7 Å². The maximum absolute atomic E-state index is 11.8. The summed E-state index contributed by atoms with van der Waals surface area (Å²) in [5, 5.41) is 7.03. The van der Waals surface area contributed by atoms with Crippen molar-refractivity contribution in [3.63, 3.8) is 0 Å². The van der Waals surface area contributed by atoms with Gasteiger partial charge in [0.05, 0.1) is 11.9 Å². The number of carbonyl (C=O) groups excluding carboxylic acids is 2. The molecule has 1 aromatic carbocycles. The van der Waals surface area contributed by atoms with Crippen molar-refractivity contribution in [3.8, 4) is 0 Å². The molecule has 124 valence electrons. The van der Waals surface area contributed by atoms with Gasteiger partial charge in [0, 0.05) is 29.2 Å². The summed E-state index contributed by atoms with van der Waals surface area (Å²) < 4.78 is 0. The topological polar surface area (TPSA) is 83.5 Å². The van der Waals surface area contributed by atoms with Crippen molar-refractivity contribution >= 4 is 35.3 Å². The van der Waals surface area contributed by atoms with Crippen molar-refractivity contribution in [1.29, 1.82) is 0 Å². The minimum absolute atomic E-state index is 0.0327. The van der Waals surface area contributed by atoms with Crippen molar-refractivity contribution in [2.75, 3.05) is 5.32 Å². The third-order valence-electron chi connectivity index (χ3n) is 2.98. The first-order valence-electron chi connectivity index (χ1n) is 7.34. The van der Waals surface area contributed by atoms with E-state index in [0.717, 1.165) is 5.69 Å². The molecule has 24 heavy (non-hydrogen) atoms. The van der Waals surface area contributed by atoms with Gasteiger partial charge in [0.1, 0.15) is 0 Å². The van der Waals surface area contributed by atoms with Crippen molar-refractivity contribution in [3.05, 3.63) is 58.9 Å². The number of hydrazone groups is 1. The molecule has 1 heterocycles. The van der Waals surface area contributed by atoms with Crippen molar-refractivity contribution in [2.24, 2.45) is 5.10 Å². The van der Waals surface area contributed by atoms with Crippen LogP contribution >= 0.6 is 11.6 Å². The van der Waals surface area contributed by atoms with Crippen LogP contribution in [-0.2, 0) is 9.59 Å². The summed E-state index contributed by atoms with van der Waals surface area (Å²) in [6.07, 6.45) is 1.54. The maximum Gasteiger partial charge on any atom is 0.240 e. The molecule has 7 heteroatoms. The fraction of sp³-hybridized carbons (Fsp3) is 0.176. The molecule has 0 atom stereocenters. The van der Waals surface area contributed by atoms with E-state index in [4.69, 9.17) is 11.6 Å². The van der Waals surface area contributed by atoms with Gasteiger partial charge in [-0.2, -0.15) is 5.10 Å². The van der Waals surface area contributed by atoms with Gasteiger partial charge in [0.2, 0.25) is 11.8 Å². The van der Waals surface area contributed by atoms with E-state index in [0.29, 0.717) is 16.4 Å². The summed E-state index contributed by atoms with van der Waals surface area (Å²) in [5.74, 6) is -0.614. The van der Waals surface area contributed by atoms with Gasteiger partial charge < -0.3 is 5.32 Å². The molecule has 1 aromatic heterocycles. The zero-order valence-electron chi connectivity index (χ0n) is 13.1. The lowest BCUT2D eigenvalue weighted by Gasteiger charge is -2.05. The first kappa shape index (κ1) is 17.6. The largest absolute Gasteiger partial charge is 0.326 e. The number of halogens is 1. The van der Waals surface area contributed by atoms with Gasteiger partial charge in [-0.15, -0.1) is 0 Å². The molecule has 0 unspecified atom stereocenters. The van der Waals surface area contributed by atoms with Crippen LogP contribution in [0.25, 0.3) is 0 Å². The fourth-order valence-corrected chi connectivity index (χ4v) is 2.07. The van der Waals surface area contributed by atoms with E-state index in [9.17, 15) is 9.59 Å². The summed E-state index contributed by atoms with van der Waals surface area (Å²) in [6, 6.07) is 12.3. The van der Waals surface area contributed by atoms with Crippen molar-refractivity contribution in [1.82, 2.24) is 10.4 Å². The van der Waals surface area contributed by atoms with Crippen LogP contribution in [0.3, 0.4) is 0 Å². The lowest BCUT2D eigenvalue weighted by molar-refractivity contribution is -0.124. The Bertz CT molecular complexity index is 762. The van der Waals surface area contributed by atoms with E-state index in [1.165, 1.54) is 6.21 Å². The number of aromatic nitrogens is 1. The second-order valence-electron chi connectivity index (χ2n) is 5.06. The molecular formula is C17H17ClN4O2. The molecule has 6 nitrogen and oxygen atoms in total. The van der Waals surface area contributed by atoms with Crippen LogP contribution in [0.15, 0.2) is 47.6 Å². The van der Waals surface area contributed by atoms with Gasteiger partial charge in [-0.05, 0) is 37.3 Å². The van der Waals surface area contributed by atoms with Crippen LogP contribution < -0.4 is 10.7 Å². The number of nitrogens with zero attached hydrogens (tertiary/aromatic N) is 2. The average molecular weight is 345 g/mol. The number of benzene rings is 1. The summed E-state index contributed by atoms with van der Waals surface area (Å²) in [6.45, 7) is 1.87. The SMILES string of the molecule is Cc1cccc(/C=N\NC(=O)CCC(=O)Nc2cccc(Cl)c2)n1. The summed E-state index contributed by atoms with van der Waals surface area (Å²) in [4.78, 5) is 27.7. The smallest absolute Gasteiger partial charge is 0.240 e. The highest BCUT2D eigenvalue weighted by Gasteiger charge is 2.07. The Balaban J connectivity index is 1.73. The van der Waals surface area contributed by atoms with Gasteiger partial charge >= 0.3 is 0 Å². The standard InChI is InChI=1S/C17H17ClN4O2/c1-12-4-2-7-15(20-12)11-19-22-17(24)9-8-16(23)21-14-6-3-5-13(18)10-14/h2-7,10-11H,8-9H2,1H3,(H,21,23)(H,22,24)/b19-11-. The van der Waals surface area contributed by atoms with E-state index >= 15 is 0 Å². The third-order valence-corrected chi connectivity index (χ3v) is 3.22. The van der Waals surface area contributed by atoms with Gasteiger partial charge in [-0.1, -0.05) is 23.7 Å². The molecule has 2 N–H and O–H groups in total. The molecular weight excluding hydrogens is 328 g/mol. The summed E-state index contributed by atoms with van der Waals surface area (Å²) >= 11 is 5.84. The van der Waals surface area contributed by atoms with E-state index in [2.05, 4.69) is 20.8 Å². The van der Waals surface area contributed by atoms with Crippen LogP contribution in [0.5, 0.6) is 0 Å². The lowest BCUT2D eigenvalue weighted by atomic mass is 10.2. The molecule has 2 amide bonds. The predicted molar refractivity (Wildman–Crippen MR) is 94.0 cm³/mol. The van der Waals surface area contributed by atoms with E-state index in [1.807, 2.05) is 19.1 Å². The number of rotatable bonds is 6. The highest BCUT2D eigenvalue weighted by atomic mass is 35.5. The molecule has 0 aliphatic carbocycles. The van der Waals surface area contributed by atoms with Gasteiger partial charge in [-0.25, -0.2) is 5.43 Å². The normalized spacial score (nSPS) is 10.6. The minimum atomic E-state index is -0.347. The van der Waals surface area contributed by atoms with Crippen LogP contribution in [0, 0.1) is 6.92 Å². The van der Waals surface area contributed by atoms with Crippen LogP contribution in [0.2, 0.25) is 5.02 Å². The fourth-order valence-electron chi connectivity index (χ4n) is 1.88. The zero-order valence-corrected chi connectivity index (χ0v) is 13.9. The Morgan fingerprint density at radius 1 is 1.17 bits per heavy atom. The van der Waals surface area contributed by atoms with Gasteiger partial charge in [0.15, 0.2) is 0 Å². The van der Waals surface area contributed by atoms with Gasteiger partial charge in [-0.3, -0.25) is 14.6 Å². The van der Waals surface area contributed by atoms with E-state index in [1.54, 1.807) is 30.3 Å². The second-order valence-corrected chi connectivity index (χ2v) is 5.49.